The minimum absolute atomic E-state index is 0.0252. The van der Waals surface area contributed by atoms with Gasteiger partial charge in [-0.05, 0) is 13.8 Å². The van der Waals surface area contributed by atoms with Crippen molar-refractivity contribution in [1.29, 1.82) is 0 Å². The summed E-state index contributed by atoms with van der Waals surface area (Å²) in [7, 11) is 0. The molecule has 1 N–H and O–H groups in total. The maximum absolute atomic E-state index is 11.4. The predicted octanol–water partition coefficient (Wildman–Crippen LogP) is 2.01. The van der Waals surface area contributed by atoms with Crippen molar-refractivity contribution >= 4 is 29.1 Å². The van der Waals surface area contributed by atoms with Crippen LogP contribution in [0.1, 0.15) is 13.8 Å². The predicted molar refractivity (Wildman–Crippen MR) is 65.6 cm³/mol. The van der Waals surface area contributed by atoms with E-state index in [4.69, 9.17) is 16.3 Å². The molecule has 0 fully saturated rings. The van der Waals surface area contributed by atoms with Gasteiger partial charge in [0.2, 0.25) is 0 Å². The van der Waals surface area contributed by atoms with E-state index in [2.05, 4.69) is 10.3 Å². The maximum Gasteiger partial charge on any atom is 0.328 e. The molecule has 0 saturated heterocycles. The lowest BCUT2D eigenvalue weighted by molar-refractivity contribution is -0.384. The molecule has 1 aromatic heterocycles. The first kappa shape index (κ1) is 14.2. The molecule has 0 radical (unpaired) electrons. The fraction of sp³-hybridized carbons (Fsp3) is 0.400. The van der Waals surface area contributed by atoms with Crippen LogP contribution in [0.3, 0.4) is 0 Å². The summed E-state index contributed by atoms with van der Waals surface area (Å²) < 4.78 is 4.79. The molecule has 0 aliphatic rings. The number of esters is 1. The Morgan fingerprint density at radius 1 is 1.67 bits per heavy atom. The van der Waals surface area contributed by atoms with E-state index in [1.807, 2.05) is 0 Å². The maximum atomic E-state index is 11.4. The van der Waals surface area contributed by atoms with Gasteiger partial charge in [0.1, 0.15) is 17.0 Å². The standard InChI is InChI=1S/C10H12ClN3O4/c1-3-18-10(15)6(2)12-9-5-7(14(16)17)4-8(11)13-9/h4-6H,3H2,1-2H3,(H,12,13). The van der Waals surface area contributed by atoms with Crippen LogP contribution in [0.2, 0.25) is 5.15 Å². The highest BCUT2D eigenvalue weighted by Crippen LogP contribution is 2.20. The van der Waals surface area contributed by atoms with Crippen molar-refractivity contribution in [2.75, 3.05) is 11.9 Å². The lowest BCUT2D eigenvalue weighted by atomic mass is 10.3. The number of carbonyl (C=O) groups is 1. The van der Waals surface area contributed by atoms with Gasteiger partial charge in [0, 0.05) is 0 Å². The van der Waals surface area contributed by atoms with Crippen LogP contribution in [0.5, 0.6) is 0 Å². The molecule has 0 aromatic carbocycles. The molecule has 7 nitrogen and oxygen atoms in total. The van der Waals surface area contributed by atoms with E-state index in [-0.39, 0.29) is 23.3 Å². The Morgan fingerprint density at radius 3 is 2.89 bits per heavy atom. The van der Waals surface area contributed by atoms with Crippen LogP contribution >= 0.6 is 11.6 Å². The van der Waals surface area contributed by atoms with E-state index in [1.165, 1.54) is 6.07 Å². The molecule has 18 heavy (non-hydrogen) atoms. The van der Waals surface area contributed by atoms with Crippen LogP contribution in [-0.4, -0.2) is 28.5 Å². The molecule has 98 valence electrons. The fourth-order valence-electron chi connectivity index (χ4n) is 1.21. The second kappa shape index (κ2) is 6.15. The van der Waals surface area contributed by atoms with Gasteiger partial charge in [-0.2, -0.15) is 0 Å². The second-order valence-electron chi connectivity index (χ2n) is 3.41. The Kier molecular flexibility index (Phi) is 4.85. The summed E-state index contributed by atoms with van der Waals surface area (Å²) in [4.78, 5) is 25.3. The van der Waals surface area contributed by atoms with Gasteiger partial charge in [-0.3, -0.25) is 10.1 Å². The van der Waals surface area contributed by atoms with Crippen LogP contribution < -0.4 is 5.32 Å². The Bertz CT molecular complexity index is 466. The zero-order valence-corrected chi connectivity index (χ0v) is 10.6. The second-order valence-corrected chi connectivity index (χ2v) is 3.80. The number of nitrogens with one attached hydrogen (secondary N) is 1. The summed E-state index contributed by atoms with van der Waals surface area (Å²) in [5.74, 6) is -0.323. The summed E-state index contributed by atoms with van der Waals surface area (Å²) in [5.41, 5.74) is -0.200. The normalized spacial score (nSPS) is 11.7. The Hall–Kier alpha value is -1.89. The summed E-state index contributed by atoms with van der Waals surface area (Å²) in [6.07, 6.45) is 0. The van der Waals surface area contributed by atoms with Crippen molar-refractivity contribution in [3.8, 4) is 0 Å². The molecule has 1 aromatic rings. The highest BCUT2D eigenvalue weighted by molar-refractivity contribution is 6.29. The van der Waals surface area contributed by atoms with Gasteiger partial charge in [-0.15, -0.1) is 0 Å². The number of nitrogens with zero attached hydrogens (tertiary/aromatic N) is 2. The lowest BCUT2D eigenvalue weighted by Gasteiger charge is -2.12. The molecular formula is C10H12ClN3O4. The van der Waals surface area contributed by atoms with Crippen molar-refractivity contribution in [1.82, 2.24) is 4.98 Å². The molecule has 0 bridgehead atoms. The van der Waals surface area contributed by atoms with Gasteiger partial charge >= 0.3 is 5.97 Å². The van der Waals surface area contributed by atoms with Crippen molar-refractivity contribution < 1.29 is 14.5 Å². The number of halogens is 1. The number of pyridine rings is 1. The first-order chi connectivity index (χ1) is 8.43. The lowest BCUT2D eigenvalue weighted by Crippen LogP contribution is -2.28. The van der Waals surface area contributed by atoms with Gasteiger partial charge in [0.05, 0.1) is 23.7 Å². The number of ether oxygens (including phenoxy) is 1. The molecule has 0 spiro atoms. The molecule has 0 aliphatic carbocycles. The van der Waals surface area contributed by atoms with Gasteiger partial charge < -0.3 is 10.1 Å². The molecule has 1 rings (SSSR count). The fourth-order valence-corrected chi connectivity index (χ4v) is 1.41. The molecule has 1 heterocycles. The molecule has 1 unspecified atom stereocenters. The smallest absolute Gasteiger partial charge is 0.328 e. The highest BCUT2D eigenvalue weighted by Gasteiger charge is 2.16. The van der Waals surface area contributed by atoms with Crippen LogP contribution in [0.15, 0.2) is 12.1 Å². The first-order valence-electron chi connectivity index (χ1n) is 5.19. The van der Waals surface area contributed by atoms with Gasteiger partial charge in [0.15, 0.2) is 0 Å². The quantitative estimate of drug-likeness (QED) is 0.382. The minimum atomic E-state index is -0.671. The van der Waals surface area contributed by atoms with Crippen molar-refractivity contribution in [2.45, 2.75) is 19.9 Å². The minimum Gasteiger partial charge on any atom is -0.464 e. The van der Waals surface area contributed by atoms with E-state index in [1.54, 1.807) is 13.8 Å². The zero-order chi connectivity index (χ0) is 13.7. The number of aromatic nitrogens is 1. The Morgan fingerprint density at radius 2 is 2.33 bits per heavy atom. The summed E-state index contributed by atoms with van der Waals surface area (Å²) in [6, 6.07) is 1.65. The topological polar surface area (TPSA) is 94.4 Å². The van der Waals surface area contributed by atoms with Gasteiger partial charge in [0.25, 0.3) is 5.69 Å². The number of rotatable bonds is 5. The Balaban J connectivity index is 2.84. The van der Waals surface area contributed by atoms with E-state index in [0.29, 0.717) is 0 Å². The van der Waals surface area contributed by atoms with Crippen molar-refractivity contribution in [2.24, 2.45) is 0 Å². The van der Waals surface area contributed by atoms with Crippen LogP contribution in [0.4, 0.5) is 11.5 Å². The molecule has 0 amide bonds. The van der Waals surface area contributed by atoms with Gasteiger partial charge in [-0.25, -0.2) is 9.78 Å². The Labute approximate surface area is 108 Å². The van der Waals surface area contributed by atoms with Crippen LogP contribution in [0, 0.1) is 10.1 Å². The average molecular weight is 274 g/mol. The largest absolute Gasteiger partial charge is 0.464 e. The monoisotopic (exact) mass is 273 g/mol. The average Bonchev–Trinajstić information content (AvgIpc) is 2.28. The highest BCUT2D eigenvalue weighted by atomic mass is 35.5. The first-order valence-corrected chi connectivity index (χ1v) is 5.57. The zero-order valence-electron chi connectivity index (χ0n) is 9.84. The molecular weight excluding hydrogens is 262 g/mol. The third-order valence-corrected chi connectivity index (χ3v) is 2.19. The third-order valence-electron chi connectivity index (χ3n) is 1.99. The summed E-state index contributed by atoms with van der Waals surface area (Å²) in [5, 5.41) is 13.3. The van der Waals surface area contributed by atoms with E-state index in [0.717, 1.165) is 6.07 Å². The van der Waals surface area contributed by atoms with Crippen LogP contribution in [-0.2, 0) is 9.53 Å². The van der Waals surface area contributed by atoms with Gasteiger partial charge in [-0.1, -0.05) is 11.6 Å². The molecule has 0 saturated carbocycles. The SMILES string of the molecule is CCOC(=O)C(C)Nc1cc([N+](=O)[O-])cc(Cl)n1. The molecule has 1 atom stereocenters. The summed E-state index contributed by atoms with van der Waals surface area (Å²) >= 11 is 5.65. The van der Waals surface area contributed by atoms with E-state index < -0.39 is 16.9 Å². The molecule has 0 aliphatic heterocycles. The number of hydrogen-bond donors (Lipinski definition) is 1. The van der Waals surface area contributed by atoms with Crippen LogP contribution in [0.25, 0.3) is 0 Å². The van der Waals surface area contributed by atoms with Crippen molar-refractivity contribution in [3.63, 3.8) is 0 Å². The third kappa shape index (κ3) is 3.85. The van der Waals surface area contributed by atoms with E-state index in [9.17, 15) is 14.9 Å². The molecule has 8 heteroatoms. The number of hydrogen-bond acceptors (Lipinski definition) is 6. The number of anilines is 1. The summed E-state index contributed by atoms with van der Waals surface area (Å²) in [6.45, 7) is 3.51. The number of nitro groups is 1. The van der Waals surface area contributed by atoms with E-state index >= 15 is 0 Å². The number of carbonyl (C=O) groups excluding carboxylic acids is 1. The van der Waals surface area contributed by atoms with Crippen molar-refractivity contribution in [3.05, 3.63) is 27.4 Å².